The molecule has 0 spiro atoms. The Morgan fingerprint density at radius 3 is 2.69 bits per heavy atom. The number of hydrogen-bond acceptors (Lipinski definition) is 3. The van der Waals surface area contributed by atoms with Crippen LogP contribution in [0, 0.1) is 10.6 Å². The molecular weight excluding hydrogens is 315 g/mol. The number of anilines is 1. The van der Waals surface area contributed by atoms with Crippen molar-refractivity contribution in [3.05, 3.63) is 45.8 Å². The van der Waals surface area contributed by atoms with Crippen LogP contribution in [0.1, 0.15) is 5.56 Å². The van der Waals surface area contributed by atoms with E-state index in [4.69, 9.17) is 5.73 Å². The van der Waals surface area contributed by atoms with Crippen LogP contribution in [0.15, 0.2) is 36.5 Å². The quantitative estimate of drug-likeness (QED) is 0.524. The average molecular weight is 326 g/mol. The van der Waals surface area contributed by atoms with E-state index in [9.17, 15) is 3.07 Å². The molecule has 2 aromatic rings. The lowest BCUT2D eigenvalue weighted by atomic mass is 10.0. The summed E-state index contributed by atoms with van der Waals surface area (Å²) in [5, 5.41) is 0. The molecule has 0 amide bonds. The molecule has 0 aliphatic rings. The SMILES string of the molecule is Cc1ccc(N)cc1-c1ccc(I=O)nc1. The minimum Gasteiger partial charge on any atom is -0.399 e. The molecular formula is C12H11IN2O. The maximum Gasteiger partial charge on any atom is 0.202 e. The van der Waals surface area contributed by atoms with Crippen LogP contribution in [0.4, 0.5) is 5.69 Å². The number of rotatable bonds is 2. The van der Waals surface area contributed by atoms with Crippen molar-refractivity contribution in [3.8, 4) is 11.1 Å². The highest BCUT2D eigenvalue weighted by atomic mass is 127. The Balaban J connectivity index is 2.49. The van der Waals surface area contributed by atoms with Crippen molar-refractivity contribution in [2.75, 3.05) is 5.73 Å². The average Bonchev–Trinajstić information content (AvgIpc) is 2.32. The molecule has 2 rings (SSSR count). The minimum atomic E-state index is -1.17. The Morgan fingerprint density at radius 1 is 1.25 bits per heavy atom. The normalized spacial score (nSPS) is 10.3. The van der Waals surface area contributed by atoms with Gasteiger partial charge in [0.15, 0.2) is 0 Å². The maximum absolute atomic E-state index is 10.7. The number of benzene rings is 1. The Labute approximate surface area is 104 Å². The van der Waals surface area contributed by atoms with Crippen LogP contribution < -0.4 is 5.73 Å². The van der Waals surface area contributed by atoms with Crippen molar-refractivity contribution in [1.82, 2.24) is 4.98 Å². The van der Waals surface area contributed by atoms with Crippen LogP contribution in [0.25, 0.3) is 11.1 Å². The largest absolute Gasteiger partial charge is 0.399 e. The lowest BCUT2D eigenvalue weighted by molar-refractivity contribution is 0.647. The molecule has 0 saturated carbocycles. The topological polar surface area (TPSA) is 56.0 Å². The number of hydrogen-bond donors (Lipinski definition) is 1. The molecule has 0 radical (unpaired) electrons. The smallest absolute Gasteiger partial charge is 0.202 e. The van der Waals surface area contributed by atoms with E-state index in [1.807, 2.05) is 31.2 Å². The molecule has 2 N–H and O–H groups in total. The number of aromatic nitrogens is 1. The molecule has 0 unspecified atom stereocenters. The summed E-state index contributed by atoms with van der Waals surface area (Å²) >= 11 is -1.17. The Kier molecular flexibility index (Phi) is 3.28. The predicted molar refractivity (Wildman–Crippen MR) is 72.2 cm³/mol. The van der Waals surface area contributed by atoms with Crippen LogP contribution in [-0.2, 0) is 3.07 Å². The molecule has 1 aromatic heterocycles. The van der Waals surface area contributed by atoms with Gasteiger partial charge < -0.3 is 5.73 Å². The zero-order valence-electron chi connectivity index (χ0n) is 8.77. The van der Waals surface area contributed by atoms with E-state index >= 15 is 0 Å². The first-order valence-electron chi connectivity index (χ1n) is 4.80. The van der Waals surface area contributed by atoms with Gasteiger partial charge in [-0.1, -0.05) is 12.1 Å². The summed E-state index contributed by atoms with van der Waals surface area (Å²) in [5.74, 6) is 0. The van der Waals surface area contributed by atoms with Crippen LogP contribution in [0.3, 0.4) is 0 Å². The Hall–Kier alpha value is -1.30. The molecule has 1 aromatic carbocycles. The van der Waals surface area contributed by atoms with Crippen molar-refractivity contribution in [3.63, 3.8) is 0 Å². The van der Waals surface area contributed by atoms with Crippen LogP contribution in [-0.4, -0.2) is 4.98 Å². The summed E-state index contributed by atoms with van der Waals surface area (Å²) in [6.07, 6.45) is 1.74. The van der Waals surface area contributed by atoms with Gasteiger partial charge in [-0.2, -0.15) is 0 Å². The molecule has 0 saturated heterocycles. The first-order valence-corrected chi connectivity index (χ1v) is 6.76. The predicted octanol–water partition coefficient (Wildman–Crippen LogP) is 3.13. The molecule has 82 valence electrons. The van der Waals surface area contributed by atoms with Gasteiger partial charge in [0.1, 0.15) is 3.70 Å². The first-order chi connectivity index (χ1) is 7.70. The molecule has 16 heavy (non-hydrogen) atoms. The molecule has 4 heteroatoms. The van der Waals surface area contributed by atoms with Gasteiger partial charge in [0, 0.05) is 17.4 Å². The van der Waals surface area contributed by atoms with Crippen LogP contribution in [0.2, 0.25) is 0 Å². The fraction of sp³-hybridized carbons (Fsp3) is 0.0833. The first kappa shape index (κ1) is 11.2. The second-order valence-corrected chi connectivity index (χ2v) is 5.07. The zero-order chi connectivity index (χ0) is 11.5. The third-order valence-electron chi connectivity index (χ3n) is 2.38. The monoisotopic (exact) mass is 326 g/mol. The summed E-state index contributed by atoms with van der Waals surface area (Å²) < 4.78 is 11.4. The van der Waals surface area contributed by atoms with E-state index in [2.05, 4.69) is 4.98 Å². The number of aryl methyl sites for hydroxylation is 1. The minimum absolute atomic E-state index is 0.670. The maximum atomic E-state index is 10.7. The van der Waals surface area contributed by atoms with Gasteiger partial charge in [-0.15, -0.1) is 0 Å². The third kappa shape index (κ3) is 2.27. The second-order valence-electron chi connectivity index (χ2n) is 3.52. The standard InChI is InChI=1S/C12H11IN2O/c1-8-2-4-10(14)6-11(8)9-3-5-12(13-16)15-7-9/h2-7H,14H2,1H3. The highest BCUT2D eigenvalue weighted by molar-refractivity contribution is 14.1. The molecule has 1 heterocycles. The van der Waals surface area contributed by atoms with E-state index in [0.29, 0.717) is 3.70 Å². The van der Waals surface area contributed by atoms with E-state index in [1.165, 1.54) is 0 Å². The van der Waals surface area contributed by atoms with Crippen molar-refractivity contribution >= 4 is 26.9 Å². The number of pyridine rings is 1. The van der Waals surface area contributed by atoms with Crippen LogP contribution in [0.5, 0.6) is 0 Å². The van der Waals surface area contributed by atoms with E-state index in [1.54, 1.807) is 12.3 Å². The lowest BCUT2D eigenvalue weighted by Crippen LogP contribution is -1.90. The van der Waals surface area contributed by atoms with Crippen molar-refractivity contribution < 1.29 is 3.07 Å². The number of nitrogens with two attached hydrogens (primary N) is 1. The molecule has 0 bridgehead atoms. The van der Waals surface area contributed by atoms with Gasteiger partial charge >= 0.3 is 0 Å². The van der Waals surface area contributed by atoms with Crippen molar-refractivity contribution in [2.45, 2.75) is 6.92 Å². The molecule has 3 nitrogen and oxygen atoms in total. The van der Waals surface area contributed by atoms with Gasteiger partial charge in [0.05, 0.1) is 0 Å². The molecule has 0 fully saturated rings. The van der Waals surface area contributed by atoms with E-state index < -0.39 is 21.2 Å². The fourth-order valence-corrected chi connectivity index (χ4v) is 2.11. The summed E-state index contributed by atoms with van der Waals surface area (Å²) in [7, 11) is 0. The Bertz CT molecular complexity index is 523. The lowest BCUT2D eigenvalue weighted by Gasteiger charge is -2.06. The number of nitrogens with zero attached hydrogens (tertiary/aromatic N) is 1. The second kappa shape index (κ2) is 4.69. The van der Waals surface area contributed by atoms with Gasteiger partial charge in [0.2, 0.25) is 21.2 Å². The van der Waals surface area contributed by atoms with Gasteiger partial charge in [-0.25, -0.2) is 4.98 Å². The molecule has 0 aliphatic heterocycles. The van der Waals surface area contributed by atoms with Crippen molar-refractivity contribution in [2.24, 2.45) is 0 Å². The third-order valence-corrected chi connectivity index (χ3v) is 3.47. The summed E-state index contributed by atoms with van der Waals surface area (Å²) in [5.41, 5.74) is 9.72. The van der Waals surface area contributed by atoms with Gasteiger partial charge in [-0.05, 0) is 36.2 Å². The zero-order valence-corrected chi connectivity index (χ0v) is 10.9. The molecule has 0 aliphatic carbocycles. The summed E-state index contributed by atoms with van der Waals surface area (Å²) in [6, 6.07) is 9.53. The van der Waals surface area contributed by atoms with Crippen molar-refractivity contribution in [1.29, 1.82) is 0 Å². The van der Waals surface area contributed by atoms with E-state index in [0.717, 1.165) is 22.4 Å². The van der Waals surface area contributed by atoms with E-state index in [-0.39, 0.29) is 0 Å². The summed E-state index contributed by atoms with van der Waals surface area (Å²) in [4.78, 5) is 4.14. The van der Waals surface area contributed by atoms with Gasteiger partial charge in [-0.3, -0.25) is 3.07 Å². The summed E-state index contributed by atoms with van der Waals surface area (Å²) in [6.45, 7) is 2.03. The number of halogens is 1. The van der Waals surface area contributed by atoms with Crippen LogP contribution >= 0.6 is 21.2 Å². The fourth-order valence-electron chi connectivity index (χ4n) is 1.53. The Morgan fingerprint density at radius 2 is 2.06 bits per heavy atom. The van der Waals surface area contributed by atoms with Gasteiger partial charge in [0.25, 0.3) is 0 Å². The number of nitrogen functional groups attached to an aromatic ring is 1. The highest BCUT2D eigenvalue weighted by Crippen LogP contribution is 2.25. The molecule has 0 atom stereocenters. The highest BCUT2D eigenvalue weighted by Gasteiger charge is 2.03.